The van der Waals surface area contributed by atoms with Gasteiger partial charge < -0.3 is 36.0 Å². The number of nitrogens with one attached hydrogen (secondary N) is 4. The van der Waals surface area contributed by atoms with E-state index in [-0.39, 0.29) is 36.4 Å². The predicted octanol–water partition coefficient (Wildman–Crippen LogP) is 7.43. The van der Waals surface area contributed by atoms with E-state index in [2.05, 4.69) is 41.8 Å². The first-order valence-corrected chi connectivity index (χ1v) is 29.7. The van der Waals surface area contributed by atoms with Crippen LogP contribution in [0.15, 0.2) is 102 Å². The number of terminal acetylenes is 1. The molecule has 1 aliphatic heterocycles. The number of sulfonamides is 1. The summed E-state index contributed by atoms with van der Waals surface area (Å²) in [7, 11) is -2.77. The summed E-state index contributed by atoms with van der Waals surface area (Å²) in [5.41, 5.74) is 4.31. The highest BCUT2D eigenvalue weighted by Crippen LogP contribution is 2.34. The fourth-order valence-electron chi connectivity index (χ4n) is 10.4. The standard InChI is InChI=1S/C60H68N12O8S2/c1-8-38-18-23-41(24-19-38)47(35-73)62-56(76)48-31-42(74)34-71(48)58(78)54(60(4,5)6)65-52(75)29-22-39-20-25-43(26-21-39)82(79,80)69-57(77)53-44(45-32-61-72(37(45)3)33-40-14-10-9-11-15-40)27-28-50(64-53)70(7)51-30-36(2)55(68-67-51)66-59-63-46-16-12-13-17-49(46)81-59/h1,12-13,16-21,23-28,30,32,40,42,47-48,54,73-74H,9-11,14-15,22,29,31,33-35H2,2-7H3,(H,62,76)(H,65,75)(H,69,77)(H,63,66,68)/t42-,47+,48+,54-/m1/s1. The van der Waals surface area contributed by atoms with Gasteiger partial charge in [-0.05, 0) is 116 Å². The van der Waals surface area contributed by atoms with E-state index >= 15 is 0 Å². The van der Waals surface area contributed by atoms with E-state index in [1.54, 1.807) is 87.4 Å². The predicted molar refractivity (Wildman–Crippen MR) is 314 cm³/mol. The Morgan fingerprint density at radius 1 is 0.902 bits per heavy atom. The minimum Gasteiger partial charge on any atom is -0.394 e. The summed E-state index contributed by atoms with van der Waals surface area (Å²) in [6.07, 6.45) is 12.0. The number of aromatic nitrogens is 6. The number of para-hydroxylation sites is 1. The zero-order valence-corrected chi connectivity index (χ0v) is 48.4. The lowest BCUT2D eigenvalue weighted by Gasteiger charge is -2.35. The fourth-order valence-corrected chi connectivity index (χ4v) is 12.2. The molecule has 4 aromatic heterocycles. The lowest BCUT2D eigenvalue weighted by atomic mass is 9.85. The number of nitrogens with zero attached hydrogens (tertiary/aromatic N) is 8. The number of anilines is 4. The molecule has 1 saturated heterocycles. The monoisotopic (exact) mass is 1150 g/mol. The first kappa shape index (κ1) is 58.6. The molecule has 0 spiro atoms. The minimum absolute atomic E-state index is 0.0426. The molecule has 6 N–H and O–H groups in total. The number of hydrogen-bond donors (Lipinski definition) is 6. The maximum atomic E-state index is 14.5. The number of benzene rings is 3. The van der Waals surface area contributed by atoms with Gasteiger partial charge in [0.05, 0.1) is 40.1 Å². The van der Waals surface area contributed by atoms with Gasteiger partial charge in [0.25, 0.3) is 15.9 Å². The molecule has 0 unspecified atom stereocenters. The number of β-amino-alcohol motifs (C(OH)–C–C–N with tert-alkyl or cyclic N) is 1. The molecular formula is C60H68N12O8S2. The topological polar surface area (TPSA) is 267 Å². The minimum atomic E-state index is -4.49. The van der Waals surface area contributed by atoms with Crippen molar-refractivity contribution >= 4 is 77.8 Å². The Labute approximate surface area is 481 Å². The van der Waals surface area contributed by atoms with Crippen LogP contribution in [0.4, 0.5) is 22.6 Å². The van der Waals surface area contributed by atoms with E-state index in [1.165, 1.54) is 47.6 Å². The number of thiazole rings is 1. The van der Waals surface area contributed by atoms with Gasteiger partial charge in [-0.1, -0.05) is 93.7 Å². The number of aliphatic hydroxyl groups is 2. The largest absolute Gasteiger partial charge is 0.394 e. The molecule has 7 aromatic rings. The molecule has 2 aliphatic rings. The Hall–Kier alpha value is -8.10. The molecule has 428 valence electrons. The normalized spacial score (nSPS) is 16.5. The second-order valence-electron chi connectivity index (χ2n) is 22.2. The van der Waals surface area contributed by atoms with Crippen LogP contribution in [0.2, 0.25) is 0 Å². The van der Waals surface area contributed by atoms with Crippen molar-refractivity contribution in [1.82, 2.24) is 50.2 Å². The van der Waals surface area contributed by atoms with E-state index in [4.69, 9.17) is 16.5 Å². The molecule has 82 heavy (non-hydrogen) atoms. The van der Waals surface area contributed by atoms with Gasteiger partial charge in [-0.3, -0.25) is 23.9 Å². The molecule has 3 aromatic carbocycles. The Kier molecular flexibility index (Phi) is 17.8. The summed E-state index contributed by atoms with van der Waals surface area (Å²) in [5, 5.41) is 44.1. The lowest BCUT2D eigenvalue weighted by Crippen LogP contribution is -2.58. The van der Waals surface area contributed by atoms with Crippen molar-refractivity contribution in [2.75, 3.05) is 30.4 Å². The summed E-state index contributed by atoms with van der Waals surface area (Å²) >= 11 is 1.50. The van der Waals surface area contributed by atoms with Crippen molar-refractivity contribution in [1.29, 1.82) is 0 Å². The first-order valence-electron chi connectivity index (χ1n) is 27.4. The molecule has 4 amide bonds. The zero-order chi connectivity index (χ0) is 58.5. The number of carbonyl (C=O) groups excluding carboxylic acids is 4. The van der Waals surface area contributed by atoms with Gasteiger partial charge in [-0.15, -0.1) is 16.6 Å². The number of aliphatic hydroxyl groups excluding tert-OH is 2. The smallest absolute Gasteiger partial charge is 0.284 e. The number of amides is 4. The van der Waals surface area contributed by atoms with Crippen molar-refractivity contribution in [2.24, 2.45) is 11.3 Å². The number of hydrogen-bond acceptors (Lipinski definition) is 16. The molecule has 0 bridgehead atoms. The number of pyridine rings is 1. The first-order chi connectivity index (χ1) is 39.2. The molecule has 22 heteroatoms. The van der Waals surface area contributed by atoms with E-state index in [1.807, 2.05) is 48.9 Å². The van der Waals surface area contributed by atoms with E-state index in [0.717, 1.165) is 40.9 Å². The van der Waals surface area contributed by atoms with Crippen LogP contribution in [-0.4, -0.2) is 115 Å². The Morgan fingerprint density at radius 2 is 1.63 bits per heavy atom. The number of carbonyl (C=O) groups is 4. The van der Waals surface area contributed by atoms with Gasteiger partial charge in [-0.2, -0.15) is 5.10 Å². The van der Waals surface area contributed by atoms with E-state index < -0.39 is 69.9 Å². The maximum Gasteiger partial charge on any atom is 0.284 e. The van der Waals surface area contributed by atoms with E-state index in [9.17, 15) is 37.8 Å². The Bertz CT molecular complexity index is 3610. The summed E-state index contributed by atoms with van der Waals surface area (Å²) in [6.45, 7) is 9.29. The van der Waals surface area contributed by atoms with Crippen molar-refractivity contribution < 1.29 is 37.8 Å². The van der Waals surface area contributed by atoms with Crippen LogP contribution in [0.25, 0.3) is 21.3 Å². The number of likely N-dealkylation sites (tertiary alicyclic amines) is 1. The summed E-state index contributed by atoms with van der Waals surface area (Å²) in [6, 6.07) is 22.7. The average molecular weight is 1150 g/mol. The highest BCUT2D eigenvalue weighted by atomic mass is 32.2. The van der Waals surface area contributed by atoms with Crippen LogP contribution in [-0.2, 0) is 37.4 Å². The van der Waals surface area contributed by atoms with E-state index in [0.29, 0.717) is 56.3 Å². The van der Waals surface area contributed by atoms with Crippen molar-refractivity contribution in [3.8, 4) is 23.5 Å². The number of fused-ring (bicyclic) bond motifs is 1. The van der Waals surface area contributed by atoms with Gasteiger partial charge in [0, 0.05) is 55.4 Å². The van der Waals surface area contributed by atoms with Crippen LogP contribution in [0.5, 0.6) is 0 Å². The third-order valence-electron chi connectivity index (χ3n) is 15.2. The van der Waals surface area contributed by atoms with Crippen molar-refractivity contribution in [3.05, 3.63) is 131 Å². The van der Waals surface area contributed by atoms with Gasteiger partial charge in [0.15, 0.2) is 16.8 Å². The lowest BCUT2D eigenvalue weighted by molar-refractivity contribution is -0.144. The van der Waals surface area contributed by atoms with Crippen LogP contribution in [0.1, 0.15) is 110 Å². The number of aryl methyl sites for hydroxylation is 2. The molecule has 1 aliphatic carbocycles. The van der Waals surface area contributed by atoms with Gasteiger partial charge in [0.2, 0.25) is 17.7 Å². The van der Waals surface area contributed by atoms with Gasteiger partial charge in [-0.25, -0.2) is 23.1 Å². The molecule has 1 saturated carbocycles. The van der Waals surface area contributed by atoms with Crippen LogP contribution < -0.4 is 25.6 Å². The van der Waals surface area contributed by atoms with Crippen molar-refractivity contribution in [2.45, 2.75) is 122 Å². The Balaban J connectivity index is 0.878. The number of rotatable bonds is 19. The average Bonchev–Trinajstić information content (AvgIpc) is 4.31. The van der Waals surface area contributed by atoms with Gasteiger partial charge >= 0.3 is 0 Å². The molecule has 5 heterocycles. The summed E-state index contributed by atoms with van der Waals surface area (Å²) < 4.78 is 33.4. The zero-order valence-electron chi connectivity index (χ0n) is 46.7. The summed E-state index contributed by atoms with van der Waals surface area (Å²) in [5.74, 6) is 1.65. The third-order valence-corrected chi connectivity index (χ3v) is 17.5. The molecule has 0 radical (unpaired) electrons. The highest BCUT2D eigenvalue weighted by molar-refractivity contribution is 7.90. The second kappa shape index (κ2) is 25.0. The van der Waals surface area contributed by atoms with Crippen LogP contribution in [0, 0.1) is 37.5 Å². The third kappa shape index (κ3) is 13.5. The van der Waals surface area contributed by atoms with Gasteiger partial charge in [0.1, 0.15) is 23.6 Å². The molecule has 2 fully saturated rings. The molecular weight excluding hydrogens is 1080 g/mol. The maximum absolute atomic E-state index is 14.5. The molecule has 4 atom stereocenters. The van der Waals surface area contributed by atoms with Crippen molar-refractivity contribution in [3.63, 3.8) is 0 Å². The highest BCUT2D eigenvalue weighted by Gasteiger charge is 2.45. The van der Waals surface area contributed by atoms with Crippen LogP contribution in [0.3, 0.4) is 0 Å². The Morgan fingerprint density at radius 3 is 2.32 bits per heavy atom. The molecule has 9 rings (SSSR count). The summed E-state index contributed by atoms with van der Waals surface area (Å²) in [4.78, 5) is 68.2. The quantitative estimate of drug-likeness (QED) is 0.0430. The van der Waals surface area contributed by atoms with Crippen LogP contribution >= 0.6 is 11.3 Å². The SMILES string of the molecule is C#Cc1ccc([C@H](CO)NC(=O)[C@@H]2C[C@@H](O)CN2C(=O)[C@@H](NC(=O)CCc2ccc(S(=O)(=O)NC(=O)c3nc(N(C)c4cc(C)c(Nc5nc6ccccc6s5)nn4)ccc3-c3cnn(CC4CCCCC4)c3C)cc2)C(C)(C)C)cc1. The second-order valence-corrected chi connectivity index (χ2v) is 24.9. The fraction of sp³-hybridized carbons (Fsp3) is 0.383. The molecule has 20 nitrogen and oxygen atoms in total.